The highest BCUT2D eigenvalue weighted by Gasteiger charge is 2.11. The molecule has 19 heavy (non-hydrogen) atoms. The van der Waals surface area contributed by atoms with E-state index >= 15 is 0 Å². The summed E-state index contributed by atoms with van der Waals surface area (Å²) in [6.07, 6.45) is 1.98. The highest BCUT2D eigenvalue weighted by atomic mass is 35.5. The zero-order chi connectivity index (χ0) is 13.8. The van der Waals surface area contributed by atoms with Crippen LogP contribution in [-0.4, -0.2) is 16.2 Å². The first-order valence-corrected chi connectivity index (χ1v) is 5.51. The normalized spacial score (nSPS) is 9.95. The highest BCUT2D eigenvalue weighted by molar-refractivity contribution is 6.32. The van der Waals surface area contributed by atoms with E-state index in [0.717, 1.165) is 0 Å². The summed E-state index contributed by atoms with van der Waals surface area (Å²) >= 11 is 5.88. The van der Waals surface area contributed by atoms with E-state index in [-0.39, 0.29) is 22.3 Å². The maximum atomic E-state index is 10.7. The Hall–Kier alpha value is -2.47. The van der Waals surface area contributed by atoms with Gasteiger partial charge in [0.25, 0.3) is 5.69 Å². The van der Waals surface area contributed by atoms with Gasteiger partial charge in [-0.1, -0.05) is 11.6 Å². The van der Waals surface area contributed by atoms with Crippen molar-refractivity contribution < 1.29 is 14.5 Å². The molecule has 1 heterocycles. The average Bonchev–Trinajstić information content (AvgIpc) is 2.42. The van der Waals surface area contributed by atoms with Crippen molar-refractivity contribution in [2.75, 3.05) is 0 Å². The molecule has 0 saturated carbocycles. The lowest BCUT2D eigenvalue weighted by Crippen LogP contribution is -1.92. The van der Waals surface area contributed by atoms with Crippen molar-refractivity contribution in [3.05, 3.63) is 57.2 Å². The fourth-order valence-electron chi connectivity index (χ4n) is 1.32. The lowest BCUT2D eigenvalue weighted by atomic mass is 10.3. The van der Waals surface area contributed by atoms with Gasteiger partial charge in [-0.05, 0) is 12.1 Å². The van der Waals surface area contributed by atoms with E-state index in [1.165, 1.54) is 36.5 Å². The minimum Gasteiger partial charge on any atom is -0.437 e. The molecule has 0 spiro atoms. The predicted octanol–water partition coefficient (Wildman–Crippen LogP) is 3.25. The number of halogens is 1. The van der Waals surface area contributed by atoms with Crippen molar-refractivity contribution in [3.63, 3.8) is 0 Å². The molecule has 2 aromatic rings. The summed E-state index contributed by atoms with van der Waals surface area (Å²) in [5, 5.41) is 10.9. The molecule has 1 aromatic heterocycles. The van der Waals surface area contributed by atoms with Crippen LogP contribution < -0.4 is 4.74 Å². The van der Waals surface area contributed by atoms with E-state index in [9.17, 15) is 14.9 Å². The maximum Gasteiger partial charge on any atom is 0.273 e. The summed E-state index contributed by atoms with van der Waals surface area (Å²) in [7, 11) is 0. The number of carbonyl (C=O) groups excluding carboxylic acids is 1. The number of benzene rings is 1. The Morgan fingerprint density at radius 1 is 1.32 bits per heavy atom. The molecule has 7 heteroatoms. The van der Waals surface area contributed by atoms with Gasteiger partial charge in [0.1, 0.15) is 0 Å². The zero-order valence-electron chi connectivity index (χ0n) is 9.45. The molecule has 2 rings (SSSR count). The number of hydrogen-bond donors (Lipinski definition) is 0. The number of pyridine rings is 1. The van der Waals surface area contributed by atoms with Gasteiger partial charge in [0.05, 0.1) is 16.0 Å². The third kappa shape index (κ3) is 3.05. The Kier molecular flexibility index (Phi) is 3.72. The Labute approximate surface area is 112 Å². The number of nitrogens with zero attached hydrogens (tertiary/aromatic N) is 2. The number of aromatic nitrogens is 1. The number of nitro groups is 1. The van der Waals surface area contributed by atoms with E-state index in [1.54, 1.807) is 0 Å². The minimum absolute atomic E-state index is 0.127. The van der Waals surface area contributed by atoms with Crippen LogP contribution in [0.3, 0.4) is 0 Å². The summed E-state index contributed by atoms with van der Waals surface area (Å²) < 4.78 is 5.34. The van der Waals surface area contributed by atoms with Crippen LogP contribution in [0, 0.1) is 10.1 Å². The van der Waals surface area contributed by atoms with Gasteiger partial charge in [-0.15, -0.1) is 0 Å². The molecular formula is C12H7ClN2O4. The summed E-state index contributed by atoms with van der Waals surface area (Å²) in [5.74, 6) is 0.315. The van der Waals surface area contributed by atoms with Gasteiger partial charge < -0.3 is 4.74 Å². The standard InChI is InChI=1S/C12H7ClN2O4/c13-10-3-2-9(15(17)18)5-11(10)19-12-4-1-8(7-16)6-14-12/h1-7H. The number of nitro benzene ring substituents is 1. The molecule has 1 aromatic carbocycles. The molecule has 6 nitrogen and oxygen atoms in total. The molecule has 0 aliphatic heterocycles. The third-order valence-electron chi connectivity index (χ3n) is 2.24. The quantitative estimate of drug-likeness (QED) is 0.487. The Morgan fingerprint density at radius 2 is 2.11 bits per heavy atom. The largest absolute Gasteiger partial charge is 0.437 e. The molecular weight excluding hydrogens is 272 g/mol. The van der Waals surface area contributed by atoms with E-state index in [4.69, 9.17) is 16.3 Å². The van der Waals surface area contributed by atoms with Crippen LogP contribution in [0.15, 0.2) is 36.5 Å². The fraction of sp³-hybridized carbons (Fsp3) is 0. The van der Waals surface area contributed by atoms with Gasteiger partial charge in [0.2, 0.25) is 5.88 Å². The second-order valence-electron chi connectivity index (χ2n) is 3.52. The monoisotopic (exact) mass is 278 g/mol. The van der Waals surface area contributed by atoms with Gasteiger partial charge in [0, 0.05) is 23.9 Å². The second kappa shape index (κ2) is 5.45. The molecule has 0 saturated heterocycles. The third-order valence-corrected chi connectivity index (χ3v) is 2.55. The van der Waals surface area contributed by atoms with Crippen molar-refractivity contribution in [1.82, 2.24) is 4.98 Å². The molecule has 0 unspecified atom stereocenters. The molecule has 0 aliphatic carbocycles. The average molecular weight is 279 g/mol. The lowest BCUT2D eigenvalue weighted by molar-refractivity contribution is -0.384. The van der Waals surface area contributed by atoms with E-state index in [2.05, 4.69) is 4.98 Å². The summed E-state index contributed by atoms with van der Waals surface area (Å²) in [5.41, 5.74) is 0.265. The van der Waals surface area contributed by atoms with E-state index in [1.807, 2.05) is 0 Å². The van der Waals surface area contributed by atoms with Crippen LogP contribution in [-0.2, 0) is 0 Å². The summed E-state index contributed by atoms with van der Waals surface area (Å²) in [4.78, 5) is 24.5. The van der Waals surface area contributed by atoms with Crippen LogP contribution in [0.5, 0.6) is 11.6 Å². The molecule has 0 radical (unpaired) electrons. The second-order valence-corrected chi connectivity index (χ2v) is 3.93. The highest BCUT2D eigenvalue weighted by Crippen LogP contribution is 2.31. The molecule has 0 atom stereocenters. The molecule has 0 amide bonds. The summed E-state index contributed by atoms with van der Waals surface area (Å²) in [6.45, 7) is 0. The predicted molar refractivity (Wildman–Crippen MR) is 67.8 cm³/mol. The summed E-state index contributed by atoms with van der Waals surface area (Å²) in [6, 6.07) is 6.84. The van der Waals surface area contributed by atoms with Crippen LogP contribution >= 0.6 is 11.6 Å². The van der Waals surface area contributed by atoms with Crippen molar-refractivity contribution >= 4 is 23.6 Å². The van der Waals surface area contributed by atoms with Gasteiger partial charge in [-0.2, -0.15) is 0 Å². The van der Waals surface area contributed by atoms with Crippen molar-refractivity contribution in [3.8, 4) is 11.6 Å². The van der Waals surface area contributed by atoms with Gasteiger partial charge in [-0.3, -0.25) is 14.9 Å². The zero-order valence-corrected chi connectivity index (χ0v) is 10.2. The maximum absolute atomic E-state index is 10.7. The number of non-ortho nitro benzene ring substituents is 1. The first kappa shape index (κ1) is 13.0. The SMILES string of the molecule is O=Cc1ccc(Oc2cc([N+](=O)[O-])ccc2Cl)nc1. The first-order chi connectivity index (χ1) is 9.10. The number of carbonyl (C=O) groups is 1. The van der Waals surface area contributed by atoms with E-state index in [0.29, 0.717) is 11.8 Å². The van der Waals surface area contributed by atoms with Crippen molar-refractivity contribution in [2.45, 2.75) is 0 Å². The number of rotatable bonds is 4. The number of aldehydes is 1. The van der Waals surface area contributed by atoms with Crippen molar-refractivity contribution in [2.24, 2.45) is 0 Å². The van der Waals surface area contributed by atoms with Gasteiger partial charge >= 0.3 is 0 Å². The molecule has 0 aliphatic rings. The molecule has 96 valence electrons. The smallest absolute Gasteiger partial charge is 0.273 e. The van der Waals surface area contributed by atoms with Crippen molar-refractivity contribution in [1.29, 1.82) is 0 Å². The number of hydrogen-bond acceptors (Lipinski definition) is 5. The fourth-order valence-corrected chi connectivity index (χ4v) is 1.47. The molecule has 0 fully saturated rings. The molecule has 0 bridgehead atoms. The first-order valence-electron chi connectivity index (χ1n) is 5.13. The van der Waals surface area contributed by atoms with Crippen LogP contribution in [0.2, 0.25) is 5.02 Å². The van der Waals surface area contributed by atoms with Gasteiger partial charge in [0.15, 0.2) is 12.0 Å². The number of ether oxygens (including phenoxy) is 1. The topological polar surface area (TPSA) is 82.3 Å². The Bertz CT molecular complexity index is 628. The van der Waals surface area contributed by atoms with Gasteiger partial charge in [-0.25, -0.2) is 4.98 Å². The van der Waals surface area contributed by atoms with Crippen LogP contribution in [0.1, 0.15) is 10.4 Å². The van der Waals surface area contributed by atoms with Crippen LogP contribution in [0.4, 0.5) is 5.69 Å². The molecule has 0 N–H and O–H groups in total. The Morgan fingerprint density at radius 3 is 2.68 bits per heavy atom. The van der Waals surface area contributed by atoms with E-state index < -0.39 is 4.92 Å². The minimum atomic E-state index is -0.549. The van der Waals surface area contributed by atoms with Crippen LogP contribution in [0.25, 0.3) is 0 Å². The lowest BCUT2D eigenvalue weighted by Gasteiger charge is -2.06. The Balaban J connectivity index is 2.28.